The number of nitrogens with zero attached hydrogens (tertiary/aromatic N) is 1. The quantitative estimate of drug-likeness (QED) is 0.819. The van der Waals surface area contributed by atoms with E-state index in [1.165, 1.54) is 0 Å². The Morgan fingerprint density at radius 3 is 2.79 bits per heavy atom. The van der Waals surface area contributed by atoms with Crippen LogP contribution >= 0.6 is 15.9 Å². The molecule has 0 saturated heterocycles. The first-order valence-corrected chi connectivity index (χ1v) is 5.12. The van der Waals surface area contributed by atoms with Gasteiger partial charge in [0.05, 0.1) is 10.0 Å². The van der Waals surface area contributed by atoms with E-state index in [2.05, 4.69) is 32.2 Å². The maximum Gasteiger partial charge on any atom is 0.141 e. The number of anilines is 1. The van der Waals surface area contributed by atoms with Crippen LogP contribution in [0.5, 0.6) is 0 Å². The lowest BCUT2D eigenvalue weighted by Gasteiger charge is -2.21. The Morgan fingerprint density at radius 2 is 2.21 bits per heavy atom. The van der Waals surface area contributed by atoms with E-state index in [0.717, 1.165) is 15.9 Å². The number of hydrogen-bond donors (Lipinski definition) is 1. The van der Waals surface area contributed by atoms with Crippen molar-refractivity contribution >= 4 is 21.7 Å². The third kappa shape index (κ3) is 2.49. The highest BCUT2D eigenvalue weighted by molar-refractivity contribution is 9.10. The van der Waals surface area contributed by atoms with Gasteiger partial charge in [-0.05, 0) is 48.3 Å². The summed E-state index contributed by atoms with van der Waals surface area (Å²) in [6.45, 7) is 5.88. The van der Waals surface area contributed by atoms with Gasteiger partial charge in [0.25, 0.3) is 0 Å². The zero-order chi connectivity index (χ0) is 10.8. The Kier molecular flexibility index (Phi) is 3.17. The molecule has 0 amide bonds. The largest absolute Gasteiger partial charge is 0.353 e. The zero-order valence-corrected chi connectivity index (χ0v) is 10.1. The van der Waals surface area contributed by atoms with Crippen molar-refractivity contribution in [3.63, 3.8) is 0 Å². The molecule has 0 aliphatic heterocycles. The molecular weight excluding hydrogens is 240 g/mol. The van der Waals surface area contributed by atoms with Gasteiger partial charge in [-0.1, -0.05) is 5.92 Å². The van der Waals surface area contributed by atoms with Crippen molar-refractivity contribution in [2.45, 2.75) is 26.3 Å². The second-order valence-corrected chi connectivity index (χ2v) is 4.48. The number of terminal acetylenes is 1. The second-order valence-electron chi connectivity index (χ2n) is 3.68. The SMILES string of the molecule is C#CC(C)(C)Nc1nccc(C)c1Br. The van der Waals surface area contributed by atoms with E-state index in [1.807, 2.05) is 26.8 Å². The van der Waals surface area contributed by atoms with Crippen LogP contribution in [0.4, 0.5) is 5.82 Å². The molecular formula is C11H13BrN2. The molecule has 0 atom stereocenters. The monoisotopic (exact) mass is 252 g/mol. The Bertz CT molecular complexity index is 377. The van der Waals surface area contributed by atoms with Crippen molar-refractivity contribution in [3.8, 4) is 12.3 Å². The predicted octanol–water partition coefficient (Wildman–Crippen LogP) is 2.98. The lowest BCUT2D eigenvalue weighted by Crippen LogP contribution is -2.29. The van der Waals surface area contributed by atoms with Crippen molar-refractivity contribution < 1.29 is 0 Å². The van der Waals surface area contributed by atoms with Gasteiger partial charge in [-0.15, -0.1) is 6.42 Å². The van der Waals surface area contributed by atoms with Crippen molar-refractivity contribution in [2.75, 3.05) is 5.32 Å². The van der Waals surface area contributed by atoms with Crippen LogP contribution in [0, 0.1) is 19.3 Å². The number of pyridine rings is 1. The predicted molar refractivity (Wildman–Crippen MR) is 63.2 cm³/mol. The molecule has 1 rings (SSSR count). The third-order valence-electron chi connectivity index (χ3n) is 1.87. The minimum atomic E-state index is -0.386. The fraction of sp³-hybridized carbons (Fsp3) is 0.364. The van der Waals surface area contributed by atoms with Gasteiger partial charge in [0.1, 0.15) is 5.82 Å². The van der Waals surface area contributed by atoms with Gasteiger partial charge in [-0.2, -0.15) is 0 Å². The highest BCUT2D eigenvalue weighted by Gasteiger charge is 2.15. The number of hydrogen-bond acceptors (Lipinski definition) is 2. The van der Waals surface area contributed by atoms with Crippen LogP contribution in [-0.2, 0) is 0 Å². The molecule has 0 fully saturated rings. The average Bonchev–Trinajstić information content (AvgIpc) is 2.13. The third-order valence-corrected chi connectivity index (χ3v) is 2.88. The molecule has 2 nitrogen and oxygen atoms in total. The molecule has 1 heterocycles. The second kappa shape index (κ2) is 4.02. The van der Waals surface area contributed by atoms with E-state index in [-0.39, 0.29) is 5.54 Å². The van der Waals surface area contributed by atoms with Crippen molar-refractivity contribution in [1.29, 1.82) is 0 Å². The summed E-state index contributed by atoms with van der Waals surface area (Å²) in [6, 6.07) is 1.94. The molecule has 0 spiro atoms. The summed E-state index contributed by atoms with van der Waals surface area (Å²) >= 11 is 3.47. The van der Waals surface area contributed by atoms with E-state index in [4.69, 9.17) is 6.42 Å². The molecule has 74 valence electrons. The Labute approximate surface area is 93.3 Å². The highest BCUT2D eigenvalue weighted by Crippen LogP contribution is 2.25. The van der Waals surface area contributed by atoms with Gasteiger partial charge >= 0.3 is 0 Å². The summed E-state index contributed by atoms with van der Waals surface area (Å²) in [5.74, 6) is 3.45. The zero-order valence-electron chi connectivity index (χ0n) is 8.56. The van der Waals surface area contributed by atoms with Gasteiger partial charge in [0.15, 0.2) is 0 Å². The fourth-order valence-electron chi connectivity index (χ4n) is 0.959. The smallest absolute Gasteiger partial charge is 0.141 e. The van der Waals surface area contributed by atoms with Crippen molar-refractivity contribution in [2.24, 2.45) is 0 Å². The van der Waals surface area contributed by atoms with Crippen LogP contribution in [0.15, 0.2) is 16.7 Å². The van der Waals surface area contributed by atoms with Crippen LogP contribution in [0.1, 0.15) is 19.4 Å². The summed E-state index contributed by atoms with van der Waals surface area (Å²) in [6.07, 6.45) is 7.15. The Hall–Kier alpha value is -1.01. The number of rotatable bonds is 2. The summed E-state index contributed by atoms with van der Waals surface area (Å²) < 4.78 is 0.961. The van der Waals surface area contributed by atoms with Gasteiger partial charge in [0, 0.05) is 6.20 Å². The van der Waals surface area contributed by atoms with E-state index in [1.54, 1.807) is 6.20 Å². The molecule has 1 aromatic rings. The molecule has 0 aromatic carbocycles. The van der Waals surface area contributed by atoms with Crippen LogP contribution in [0.3, 0.4) is 0 Å². The van der Waals surface area contributed by atoms with Gasteiger partial charge < -0.3 is 5.32 Å². The molecule has 0 aliphatic rings. The van der Waals surface area contributed by atoms with E-state index < -0.39 is 0 Å². The lowest BCUT2D eigenvalue weighted by atomic mass is 10.1. The van der Waals surface area contributed by atoms with Crippen LogP contribution < -0.4 is 5.32 Å². The lowest BCUT2D eigenvalue weighted by molar-refractivity contribution is 0.735. The van der Waals surface area contributed by atoms with E-state index >= 15 is 0 Å². The Balaban J connectivity index is 3.00. The standard InChI is InChI=1S/C11H13BrN2/c1-5-11(3,4)14-10-9(12)8(2)6-7-13-10/h1,6-7H,2-4H3,(H,13,14). The van der Waals surface area contributed by atoms with Crippen molar-refractivity contribution in [1.82, 2.24) is 4.98 Å². The maximum absolute atomic E-state index is 5.39. The summed E-state index contributed by atoms with van der Waals surface area (Å²) in [7, 11) is 0. The molecule has 14 heavy (non-hydrogen) atoms. The molecule has 1 N–H and O–H groups in total. The Morgan fingerprint density at radius 1 is 1.57 bits per heavy atom. The number of nitrogens with one attached hydrogen (secondary N) is 1. The first-order chi connectivity index (χ1) is 6.46. The molecule has 1 aromatic heterocycles. The number of aromatic nitrogens is 1. The molecule has 0 radical (unpaired) electrons. The molecule has 0 aliphatic carbocycles. The van der Waals surface area contributed by atoms with Crippen molar-refractivity contribution in [3.05, 3.63) is 22.3 Å². The number of aryl methyl sites for hydroxylation is 1. The molecule has 3 heteroatoms. The van der Waals surface area contributed by atoms with Gasteiger partial charge in [-0.3, -0.25) is 0 Å². The van der Waals surface area contributed by atoms with Crippen LogP contribution in [-0.4, -0.2) is 10.5 Å². The fourth-order valence-corrected chi connectivity index (χ4v) is 1.29. The topological polar surface area (TPSA) is 24.9 Å². The minimum absolute atomic E-state index is 0.386. The average molecular weight is 253 g/mol. The van der Waals surface area contributed by atoms with Gasteiger partial charge in [0.2, 0.25) is 0 Å². The van der Waals surface area contributed by atoms with Crippen LogP contribution in [0.2, 0.25) is 0 Å². The molecule has 0 bridgehead atoms. The van der Waals surface area contributed by atoms with E-state index in [9.17, 15) is 0 Å². The number of halogens is 1. The van der Waals surface area contributed by atoms with Crippen LogP contribution in [0.25, 0.3) is 0 Å². The molecule has 0 unspecified atom stereocenters. The summed E-state index contributed by atoms with van der Waals surface area (Å²) in [4.78, 5) is 4.22. The summed E-state index contributed by atoms with van der Waals surface area (Å²) in [5.41, 5.74) is 0.749. The maximum atomic E-state index is 5.39. The minimum Gasteiger partial charge on any atom is -0.353 e. The molecule has 0 saturated carbocycles. The highest BCUT2D eigenvalue weighted by atomic mass is 79.9. The van der Waals surface area contributed by atoms with Gasteiger partial charge in [-0.25, -0.2) is 4.98 Å². The summed E-state index contributed by atoms with van der Waals surface area (Å²) in [5, 5.41) is 3.18. The first kappa shape index (κ1) is 11.1. The normalized spacial score (nSPS) is 10.8. The first-order valence-electron chi connectivity index (χ1n) is 4.33. The van der Waals surface area contributed by atoms with E-state index in [0.29, 0.717) is 0 Å².